The van der Waals surface area contributed by atoms with Gasteiger partial charge in [-0.3, -0.25) is 0 Å². The highest BCUT2D eigenvalue weighted by Crippen LogP contribution is 2.28. The van der Waals surface area contributed by atoms with Crippen LogP contribution in [0.25, 0.3) is 0 Å². The maximum absolute atomic E-state index is 12.5. The molecule has 0 amide bonds. The lowest BCUT2D eigenvalue weighted by Gasteiger charge is -2.30. The largest absolute Gasteiger partial charge is 0.392 e. The van der Waals surface area contributed by atoms with Crippen molar-refractivity contribution in [2.45, 2.75) is 63.0 Å². The summed E-state index contributed by atoms with van der Waals surface area (Å²) in [4.78, 5) is 0.272. The van der Waals surface area contributed by atoms with E-state index in [4.69, 9.17) is 5.11 Å². The molecule has 118 valence electrons. The topological polar surface area (TPSA) is 66.4 Å². The van der Waals surface area contributed by atoms with Crippen LogP contribution in [0.4, 0.5) is 0 Å². The predicted molar refractivity (Wildman–Crippen MR) is 83.3 cm³/mol. The van der Waals surface area contributed by atoms with Gasteiger partial charge in [0.2, 0.25) is 10.0 Å². The quantitative estimate of drug-likeness (QED) is 0.849. The number of aliphatic hydroxyl groups excluding tert-OH is 1. The van der Waals surface area contributed by atoms with Gasteiger partial charge >= 0.3 is 0 Å². The van der Waals surface area contributed by atoms with E-state index in [0.29, 0.717) is 11.5 Å². The first-order valence-corrected chi connectivity index (χ1v) is 9.27. The number of sulfonamides is 1. The van der Waals surface area contributed by atoms with Crippen molar-refractivity contribution >= 4 is 10.0 Å². The van der Waals surface area contributed by atoms with Gasteiger partial charge in [0.05, 0.1) is 11.5 Å². The number of nitrogens with one attached hydrogen (secondary N) is 1. The zero-order valence-corrected chi connectivity index (χ0v) is 13.4. The van der Waals surface area contributed by atoms with Gasteiger partial charge in [-0.2, -0.15) is 0 Å². The number of aliphatic hydroxyl groups is 1. The van der Waals surface area contributed by atoms with Gasteiger partial charge in [0.15, 0.2) is 0 Å². The van der Waals surface area contributed by atoms with Gasteiger partial charge in [0.25, 0.3) is 0 Å². The fourth-order valence-corrected chi connectivity index (χ4v) is 4.48. The molecule has 1 aliphatic carbocycles. The Hall–Kier alpha value is -0.910. The molecule has 1 fully saturated rings. The van der Waals surface area contributed by atoms with E-state index in [9.17, 15) is 8.42 Å². The first kappa shape index (κ1) is 16.5. The molecule has 0 aromatic heterocycles. The molecular weight excluding hydrogens is 286 g/mol. The van der Waals surface area contributed by atoms with Crippen molar-refractivity contribution < 1.29 is 13.5 Å². The Balaban J connectivity index is 2.10. The summed E-state index contributed by atoms with van der Waals surface area (Å²) in [5, 5.41) is 9.02. The van der Waals surface area contributed by atoms with Crippen LogP contribution in [0.5, 0.6) is 0 Å². The van der Waals surface area contributed by atoms with E-state index in [1.165, 1.54) is 19.3 Å². The van der Waals surface area contributed by atoms with E-state index in [2.05, 4.69) is 4.72 Å². The summed E-state index contributed by atoms with van der Waals surface area (Å²) >= 11 is 0. The molecule has 1 unspecified atom stereocenters. The third kappa shape index (κ3) is 4.28. The van der Waals surface area contributed by atoms with Gasteiger partial charge < -0.3 is 5.11 Å². The van der Waals surface area contributed by atoms with Crippen molar-refractivity contribution in [3.8, 4) is 0 Å². The van der Waals surface area contributed by atoms with Crippen molar-refractivity contribution in [1.82, 2.24) is 4.72 Å². The summed E-state index contributed by atoms with van der Waals surface area (Å²) in [7, 11) is -3.48. The SMILES string of the molecule is CCC(NS(=O)(=O)c1ccc(CO)cc1)C1CCCCC1. The second-order valence-electron chi connectivity index (χ2n) is 5.84. The molecule has 0 saturated heterocycles. The molecule has 4 nitrogen and oxygen atoms in total. The number of hydrogen-bond donors (Lipinski definition) is 2. The van der Waals surface area contributed by atoms with Gasteiger partial charge in [0.1, 0.15) is 0 Å². The highest BCUT2D eigenvalue weighted by Gasteiger charge is 2.27. The Bertz CT molecular complexity index is 533. The highest BCUT2D eigenvalue weighted by atomic mass is 32.2. The summed E-state index contributed by atoms with van der Waals surface area (Å²) in [6.45, 7) is 1.96. The molecule has 1 aliphatic rings. The zero-order valence-electron chi connectivity index (χ0n) is 12.6. The normalized spacial score (nSPS) is 18.6. The van der Waals surface area contributed by atoms with Crippen LogP contribution >= 0.6 is 0 Å². The molecule has 1 aromatic rings. The molecule has 0 aliphatic heterocycles. The van der Waals surface area contributed by atoms with E-state index in [1.807, 2.05) is 6.92 Å². The molecule has 1 atom stereocenters. The van der Waals surface area contributed by atoms with E-state index in [-0.39, 0.29) is 17.5 Å². The van der Waals surface area contributed by atoms with E-state index < -0.39 is 10.0 Å². The predicted octanol–water partition coefficient (Wildman–Crippen LogP) is 2.82. The molecule has 2 rings (SSSR count). The van der Waals surface area contributed by atoms with Crippen LogP contribution in [0.3, 0.4) is 0 Å². The first-order chi connectivity index (χ1) is 10.1. The lowest BCUT2D eigenvalue weighted by atomic mass is 9.83. The van der Waals surface area contributed by atoms with Crippen LogP contribution in [0.1, 0.15) is 51.0 Å². The summed E-state index contributed by atoms with van der Waals surface area (Å²) in [6.07, 6.45) is 6.72. The average molecular weight is 311 g/mol. The third-order valence-corrected chi connectivity index (χ3v) is 5.89. The maximum Gasteiger partial charge on any atom is 0.240 e. The summed E-state index contributed by atoms with van der Waals surface area (Å²) in [5.74, 6) is 0.454. The van der Waals surface area contributed by atoms with Crippen molar-refractivity contribution in [2.24, 2.45) is 5.92 Å². The Morgan fingerprint density at radius 1 is 1.19 bits per heavy atom. The number of hydrogen-bond acceptors (Lipinski definition) is 3. The molecule has 0 spiro atoms. The van der Waals surface area contributed by atoms with E-state index in [0.717, 1.165) is 19.3 Å². The number of benzene rings is 1. The van der Waals surface area contributed by atoms with Crippen LogP contribution < -0.4 is 4.72 Å². The molecule has 0 heterocycles. The van der Waals surface area contributed by atoms with Gasteiger partial charge in [-0.15, -0.1) is 0 Å². The molecule has 1 aromatic carbocycles. The monoisotopic (exact) mass is 311 g/mol. The molecule has 2 N–H and O–H groups in total. The minimum absolute atomic E-state index is 0.0211. The third-order valence-electron chi connectivity index (χ3n) is 4.38. The first-order valence-electron chi connectivity index (χ1n) is 7.79. The lowest BCUT2D eigenvalue weighted by Crippen LogP contribution is -2.40. The van der Waals surface area contributed by atoms with Crippen LogP contribution in [0.15, 0.2) is 29.2 Å². The molecule has 5 heteroatoms. The maximum atomic E-state index is 12.5. The smallest absolute Gasteiger partial charge is 0.240 e. The molecule has 0 bridgehead atoms. The fourth-order valence-electron chi connectivity index (χ4n) is 3.09. The van der Waals surface area contributed by atoms with Crippen LogP contribution in [0, 0.1) is 5.92 Å². The van der Waals surface area contributed by atoms with Gasteiger partial charge in [-0.25, -0.2) is 13.1 Å². The summed E-state index contributed by atoms with van der Waals surface area (Å²) in [5.41, 5.74) is 0.716. The lowest BCUT2D eigenvalue weighted by molar-refractivity contribution is 0.281. The Morgan fingerprint density at radius 2 is 1.81 bits per heavy atom. The average Bonchev–Trinajstić information content (AvgIpc) is 2.53. The second kappa shape index (κ2) is 7.38. The zero-order chi connectivity index (χ0) is 15.3. The fraction of sp³-hybridized carbons (Fsp3) is 0.625. The molecule has 1 saturated carbocycles. The minimum Gasteiger partial charge on any atom is -0.392 e. The summed E-state index contributed by atoms with van der Waals surface area (Å²) < 4.78 is 27.8. The van der Waals surface area contributed by atoms with Gasteiger partial charge in [-0.05, 0) is 42.9 Å². The molecular formula is C16H25NO3S. The highest BCUT2D eigenvalue weighted by molar-refractivity contribution is 7.89. The number of rotatable bonds is 6. The van der Waals surface area contributed by atoms with Crippen molar-refractivity contribution in [2.75, 3.05) is 0 Å². The molecule has 0 radical (unpaired) electrons. The molecule has 21 heavy (non-hydrogen) atoms. The van der Waals surface area contributed by atoms with Crippen molar-refractivity contribution in [1.29, 1.82) is 0 Å². The van der Waals surface area contributed by atoms with Crippen LogP contribution in [0.2, 0.25) is 0 Å². The van der Waals surface area contributed by atoms with Gasteiger partial charge in [-0.1, -0.05) is 38.3 Å². The van der Waals surface area contributed by atoms with Crippen molar-refractivity contribution in [3.05, 3.63) is 29.8 Å². The van der Waals surface area contributed by atoms with E-state index >= 15 is 0 Å². The van der Waals surface area contributed by atoms with E-state index in [1.54, 1.807) is 24.3 Å². The van der Waals surface area contributed by atoms with Gasteiger partial charge in [0, 0.05) is 6.04 Å². The van der Waals surface area contributed by atoms with Crippen molar-refractivity contribution in [3.63, 3.8) is 0 Å². The van der Waals surface area contributed by atoms with Crippen LogP contribution in [-0.2, 0) is 16.6 Å². The Morgan fingerprint density at radius 3 is 2.33 bits per heavy atom. The summed E-state index contributed by atoms with van der Waals surface area (Å²) in [6, 6.07) is 6.43. The second-order valence-corrected chi connectivity index (χ2v) is 7.55. The van der Waals surface area contributed by atoms with Crippen LogP contribution in [-0.4, -0.2) is 19.6 Å². The Kier molecular flexibility index (Phi) is 5.79. The Labute approximate surface area is 127 Å². The standard InChI is InChI=1S/C16H25NO3S/c1-2-16(14-6-4-3-5-7-14)17-21(19,20)15-10-8-13(12-18)9-11-15/h8-11,14,16-18H,2-7,12H2,1H3. The minimum atomic E-state index is -3.48.